The highest BCUT2D eigenvalue weighted by Crippen LogP contribution is 2.29. The molecule has 102 valence electrons. The van der Waals surface area contributed by atoms with Gasteiger partial charge in [0.1, 0.15) is 11.6 Å². The first-order valence-corrected chi connectivity index (χ1v) is 6.86. The summed E-state index contributed by atoms with van der Waals surface area (Å²) in [6.45, 7) is 1.25. The lowest BCUT2D eigenvalue weighted by Crippen LogP contribution is -2.43. The predicted octanol–water partition coefficient (Wildman–Crippen LogP) is 2.03. The molecule has 0 N–H and O–H groups in total. The van der Waals surface area contributed by atoms with Crippen molar-refractivity contribution in [2.75, 3.05) is 6.54 Å². The van der Waals surface area contributed by atoms with Crippen LogP contribution in [0.1, 0.15) is 18.4 Å². The van der Waals surface area contributed by atoms with Gasteiger partial charge >= 0.3 is 0 Å². The van der Waals surface area contributed by atoms with Crippen LogP contribution in [0.3, 0.4) is 0 Å². The molecular weight excluding hydrogens is 252 g/mol. The van der Waals surface area contributed by atoms with Crippen LogP contribution < -0.4 is 0 Å². The highest BCUT2D eigenvalue weighted by Gasteiger charge is 2.40. The topological polar surface area (TPSA) is 53.3 Å². The fourth-order valence-electron chi connectivity index (χ4n) is 2.90. The minimum absolute atomic E-state index is 0.0654. The van der Waals surface area contributed by atoms with Crippen LogP contribution in [0.4, 0.5) is 0 Å². The molecule has 20 heavy (non-hydrogen) atoms. The molecule has 2 aliphatic rings. The molecule has 2 aliphatic heterocycles. The van der Waals surface area contributed by atoms with Gasteiger partial charge in [0.25, 0.3) is 5.91 Å². The van der Waals surface area contributed by atoms with Gasteiger partial charge in [0, 0.05) is 6.54 Å². The number of fused-ring (bicyclic) bond motifs is 1. The Kier molecular flexibility index (Phi) is 3.53. The molecule has 0 saturated carbocycles. The molecule has 0 unspecified atom stereocenters. The lowest BCUT2D eigenvalue weighted by Gasteiger charge is -2.30. The number of rotatable bonds is 3. The van der Waals surface area contributed by atoms with Crippen molar-refractivity contribution < 1.29 is 9.53 Å². The van der Waals surface area contributed by atoms with Crippen LogP contribution in [0.2, 0.25) is 0 Å². The van der Waals surface area contributed by atoms with Crippen molar-refractivity contribution in [3.8, 4) is 6.07 Å². The Labute approximate surface area is 118 Å². The van der Waals surface area contributed by atoms with E-state index in [1.54, 1.807) is 11.0 Å². The lowest BCUT2D eigenvalue weighted by molar-refractivity contribution is -0.129. The molecule has 1 aromatic rings. The normalized spacial score (nSPS) is 25.1. The molecule has 4 nitrogen and oxygen atoms in total. The van der Waals surface area contributed by atoms with Gasteiger partial charge in [-0.15, -0.1) is 0 Å². The Morgan fingerprint density at radius 2 is 2.15 bits per heavy atom. The third kappa shape index (κ3) is 2.33. The average Bonchev–Trinajstić information content (AvgIpc) is 2.91. The van der Waals surface area contributed by atoms with Crippen molar-refractivity contribution in [2.24, 2.45) is 0 Å². The first-order valence-electron chi connectivity index (χ1n) is 6.86. The molecule has 1 amide bonds. The van der Waals surface area contributed by atoms with E-state index in [9.17, 15) is 4.79 Å². The minimum atomic E-state index is -0.144. The maximum absolute atomic E-state index is 12.0. The van der Waals surface area contributed by atoms with Gasteiger partial charge in [-0.05, 0) is 18.4 Å². The lowest BCUT2D eigenvalue weighted by atomic mass is 10.0. The predicted molar refractivity (Wildman–Crippen MR) is 73.5 cm³/mol. The maximum atomic E-state index is 12.0. The van der Waals surface area contributed by atoms with Crippen LogP contribution in [-0.2, 0) is 16.1 Å². The highest BCUT2D eigenvalue weighted by molar-refractivity contribution is 5.98. The number of carbonyl (C=O) groups excluding carboxylic acids is 1. The van der Waals surface area contributed by atoms with Crippen LogP contribution in [-0.4, -0.2) is 29.5 Å². The van der Waals surface area contributed by atoms with Gasteiger partial charge in [0.2, 0.25) is 0 Å². The Bertz CT molecular complexity index is 574. The number of carbonyl (C=O) groups is 1. The summed E-state index contributed by atoms with van der Waals surface area (Å²) in [5, 5.41) is 8.90. The molecule has 1 saturated heterocycles. The van der Waals surface area contributed by atoms with Crippen molar-refractivity contribution in [3.63, 3.8) is 0 Å². The van der Waals surface area contributed by atoms with E-state index < -0.39 is 0 Å². The van der Waals surface area contributed by atoms with Gasteiger partial charge in [0.05, 0.1) is 18.8 Å². The van der Waals surface area contributed by atoms with Gasteiger partial charge in [-0.25, -0.2) is 0 Å². The number of amides is 1. The zero-order valence-corrected chi connectivity index (χ0v) is 11.2. The van der Waals surface area contributed by atoms with Crippen molar-refractivity contribution in [1.29, 1.82) is 5.26 Å². The van der Waals surface area contributed by atoms with E-state index in [1.807, 2.05) is 36.4 Å². The Morgan fingerprint density at radius 3 is 2.90 bits per heavy atom. The second kappa shape index (κ2) is 5.48. The number of hydrogen-bond acceptors (Lipinski definition) is 3. The first-order chi connectivity index (χ1) is 9.79. The minimum Gasteiger partial charge on any atom is -0.371 e. The monoisotopic (exact) mass is 268 g/mol. The molecule has 1 aromatic carbocycles. The number of benzene rings is 1. The van der Waals surface area contributed by atoms with Gasteiger partial charge < -0.3 is 9.64 Å². The van der Waals surface area contributed by atoms with E-state index in [0.717, 1.165) is 12.0 Å². The summed E-state index contributed by atoms with van der Waals surface area (Å²) in [5.74, 6) is -0.144. The summed E-state index contributed by atoms with van der Waals surface area (Å²) >= 11 is 0. The average molecular weight is 268 g/mol. The summed E-state index contributed by atoms with van der Waals surface area (Å²) in [7, 11) is 0. The molecule has 1 fully saturated rings. The van der Waals surface area contributed by atoms with Crippen molar-refractivity contribution in [3.05, 3.63) is 47.5 Å². The Hall–Kier alpha value is -2.12. The smallest absolute Gasteiger partial charge is 0.264 e. The zero-order chi connectivity index (χ0) is 13.9. The van der Waals surface area contributed by atoms with Crippen LogP contribution in [0.5, 0.6) is 0 Å². The molecule has 2 atom stereocenters. The maximum Gasteiger partial charge on any atom is 0.264 e. The van der Waals surface area contributed by atoms with Gasteiger partial charge in [0.15, 0.2) is 0 Å². The number of hydrogen-bond donors (Lipinski definition) is 0. The van der Waals surface area contributed by atoms with E-state index in [-0.39, 0.29) is 23.6 Å². The van der Waals surface area contributed by atoms with Crippen LogP contribution in [0.15, 0.2) is 42.0 Å². The Morgan fingerprint density at radius 1 is 1.35 bits per heavy atom. The van der Waals surface area contributed by atoms with Crippen molar-refractivity contribution in [1.82, 2.24) is 4.90 Å². The number of nitriles is 1. The summed E-state index contributed by atoms with van der Waals surface area (Å²) in [6, 6.07) is 12.1. The third-order valence-electron chi connectivity index (χ3n) is 3.97. The summed E-state index contributed by atoms with van der Waals surface area (Å²) < 4.78 is 5.97. The second-order valence-electron chi connectivity index (χ2n) is 5.15. The fraction of sp³-hybridized carbons (Fsp3) is 0.375. The molecule has 0 aliphatic carbocycles. The third-order valence-corrected chi connectivity index (χ3v) is 3.97. The van der Waals surface area contributed by atoms with Crippen LogP contribution >= 0.6 is 0 Å². The van der Waals surface area contributed by atoms with E-state index in [4.69, 9.17) is 10.00 Å². The fourth-order valence-corrected chi connectivity index (χ4v) is 2.90. The molecule has 0 aromatic heterocycles. The van der Waals surface area contributed by atoms with E-state index in [2.05, 4.69) is 0 Å². The van der Waals surface area contributed by atoms with Crippen molar-refractivity contribution >= 4 is 5.91 Å². The SMILES string of the molecule is N#CC1=CC[C@H]2[C@@H](OCc3ccccc3)CCN2C1=O. The molecule has 4 heteroatoms. The molecule has 0 radical (unpaired) electrons. The quantitative estimate of drug-likeness (QED) is 0.842. The summed E-state index contributed by atoms with van der Waals surface area (Å²) in [4.78, 5) is 13.8. The highest BCUT2D eigenvalue weighted by atomic mass is 16.5. The van der Waals surface area contributed by atoms with Crippen LogP contribution in [0.25, 0.3) is 0 Å². The molecule has 0 spiro atoms. The van der Waals surface area contributed by atoms with Gasteiger partial charge in [-0.2, -0.15) is 5.26 Å². The molecule has 2 heterocycles. The first kappa shape index (κ1) is 12.9. The van der Waals surface area contributed by atoms with E-state index >= 15 is 0 Å². The Balaban J connectivity index is 1.65. The summed E-state index contributed by atoms with van der Waals surface area (Å²) in [5.41, 5.74) is 1.41. The largest absolute Gasteiger partial charge is 0.371 e. The van der Waals surface area contributed by atoms with E-state index in [0.29, 0.717) is 19.6 Å². The number of nitrogens with zero attached hydrogens (tertiary/aromatic N) is 2. The van der Waals surface area contributed by atoms with E-state index in [1.165, 1.54) is 0 Å². The molecule has 0 bridgehead atoms. The van der Waals surface area contributed by atoms with Gasteiger partial charge in [-0.1, -0.05) is 36.4 Å². The standard InChI is InChI=1S/C16H16N2O2/c17-10-13-6-7-14-15(8-9-18(14)16(13)19)20-11-12-4-2-1-3-5-12/h1-6,14-15H,7-9,11H2/t14-,15-/m0/s1. The number of ether oxygens (including phenoxy) is 1. The molecular formula is C16H16N2O2. The van der Waals surface area contributed by atoms with Gasteiger partial charge in [-0.3, -0.25) is 4.79 Å². The summed E-state index contributed by atoms with van der Waals surface area (Å²) in [6.07, 6.45) is 3.37. The second-order valence-corrected chi connectivity index (χ2v) is 5.15. The van der Waals surface area contributed by atoms with Crippen LogP contribution in [0, 0.1) is 11.3 Å². The zero-order valence-electron chi connectivity index (χ0n) is 11.2. The van der Waals surface area contributed by atoms with Crippen molar-refractivity contribution in [2.45, 2.75) is 31.6 Å². The molecule has 3 rings (SSSR count).